The average molecular weight is 215 g/mol. The molecule has 0 fully saturated rings. The first-order valence-electron chi connectivity index (χ1n) is 4.23. The molecule has 6 heteroatoms. The number of hydrogen-bond acceptors (Lipinski definition) is 4. The number of carboxylic acids is 1. The van der Waals surface area contributed by atoms with Gasteiger partial charge in [-0.05, 0) is 6.07 Å². The summed E-state index contributed by atoms with van der Waals surface area (Å²) in [6, 6.07) is 1.09. The van der Waals surface area contributed by atoms with Crippen molar-refractivity contribution in [3.05, 3.63) is 18.5 Å². The molecule has 0 aliphatic heterocycles. The lowest BCUT2D eigenvalue weighted by Gasteiger charge is -2.05. The molecule has 0 bridgehead atoms. The number of nitrogens with two attached hydrogens (primary N) is 1. The summed E-state index contributed by atoms with van der Waals surface area (Å²) in [6.45, 7) is 0.782. The van der Waals surface area contributed by atoms with Crippen molar-refractivity contribution in [2.45, 2.75) is 12.6 Å². The molecule has 1 atom stereocenters. The van der Waals surface area contributed by atoms with Crippen LogP contribution in [0.3, 0.4) is 0 Å². The summed E-state index contributed by atoms with van der Waals surface area (Å²) in [5, 5.41) is 12.5. The molecule has 14 heavy (non-hydrogen) atoms. The van der Waals surface area contributed by atoms with Crippen LogP contribution in [0, 0.1) is 0 Å². The van der Waals surface area contributed by atoms with E-state index >= 15 is 0 Å². The van der Waals surface area contributed by atoms with Crippen molar-refractivity contribution < 1.29 is 9.90 Å². The zero-order valence-corrected chi connectivity index (χ0v) is 8.48. The molecule has 5 nitrogen and oxygen atoms in total. The predicted molar refractivity (Wildman–Crippen MR) is 55.2 cm³/mol. The van der Waals surface area contributed by atoms with Crippen LogP contribution in [0.15, 0.2) is 18.5 Å². The van der Waals surface area contributed by atoms with Crippen molar-refractivity contribution in [1.82, 2.24) is 9.78 Å². The van der Waals surface area contributed by atoms with E-state index in [9.17, 15) is 4.79 Å². The second-order valence-corrected chi connectivity index (χ2v) is 3.94. The van der Waals surface area contributed by atoms with E-state index in [4.69, 9.17) is 10.8 Å². The SMILES string of the molecule is NC(CSCCn1cccn1)C(=O)O. The maximum Gasteiger partial charge on any atom is 0.321 e. The van der Waals surface area contributed by atoms with Gasteiger partial charge in [0.25, 0.3) is 0 Å². The normalized spacial score (nSPS) is 12.6. The van der Waals surface area contributed by atoms with E-state index in [1.54, 1.807) is 10.9 Å². The Kier molecular flexibility index (Phi) is 4.48. The molecular formula is C8H13N3O2S. The minimum absolute atomic E-state index is 0.441. The van der Waals surface area contributed by atoms with Crippen molar-refractivity contribution in [2.24, 2.45) is 5.73 Å². The molecule has 0 saturated heterocycles. The maximum atomic E-state index is 10.4. The topological polar surface area (TPSA) is 81.1 Å². The van der Waals surface area contributed by atoms with E-state index in [1.807, 2.05) is 12.3 Å². The Morgan fingerprint density at radius 3 is 3.07 bits per heavy atom. The van der Waals surface area contributed by atoms with Gasteiger partial charge in [-0.3, -0.25) is 9.48 Å². The Morgan fingerprint density at radius 1 is 1.71 bits per heavy atom. The van der Waals surface area contributed by atoms with Gasteiger partial charge in [-0.15, -0.1) is 0 Å². The van der Waals surface area contributed by atoms with Crippen LogP contribution in [0.25, 0.3) is 0 Å². The third kappa shape index (κ3) is 3.80. The highest BCUT2D eigenvalue weighted by atomic mass is 32.2. The first kappa shape index (κ1) is 11.1. The van der Waals surface area contributed by atoms with E-state index in [2.05, 4.69) is 5.10 Å². The molecule has 1 rings (SSSR count). The Hall–Kier alpha value is -1.01. The van der Waals surface area contributed by atoms with Crippen LogP contribution in [0.2, 0.25) is 0 Å². The van der Waals surface area contributed by atoms with Gasteiger partial charge in [0.1, 0.15) is 6.04 Å². The fourth-order valence-electron chi connectivity index (χ4n) is 0.872. The first-order chi connectivity index (χ1) is 6.70. The number of aryl methyl sites for hydroxylation is 1. The quantitative estimate of drug-likeness (QED) is 0.654. The van der Waals surface area contributed by atoms with Crippen LogP contribution in [0.4, 0.5) is 0 Å². The largest absolute Gasteiger partial charge is 0.480 e. The summed E-state index contributed by atoms with van der Waals surface area (Å²) in [7, 11) is 0. The van der Waals surface area contributed by atoms with E-state index in [0.29, 0.717) is 5.75 Å². The van der Waals surface area contributed by atoms with Crippen LogP contribution in [-0.4, -0.2) is 38.4 Å². The van der Waals surface area contributed by atoms with Gasteiger partial charge in [0, 0.05) is 30.4 Å². The highest BCUT2D eigenvalue weighted by Gasteiger charge is 2.10. The fourth-order valence-corrected chi connectivity index (χ4v) is 1.75. The number of carbonyl (C=O) groups is 1. The maximum absolute atomic E-state index is 10.4. The van der Waals surface area contributed by atoms with Crippen molar-refractivity contribution in [3.63, 3.8) is 0 Å². The molecular weight excluding hydrogens is 202 g/mol. The number of aromatic nitrogens is 2. The van der Waals surface area contributed by atoms with Gasteiger partial charge in [-0.1, -0.05) is 0 Å². The summed E-state index contributed by atoms with van der Waals surface area (Å²) in [5.74, 6) is 0.316. The monoisotopic (exact) mass is 215 g/mol. The number of aliphatic carboxylic acids is 1. The van der Waals surface area contributed by atoms with Crippen LogP contribution in [0.1, 0.15) is 0 Å². The van der Waals surface area contributed by atoms with Gasteiger partial charge < -0.3 is 10.8 Å². The Morgan fingerprint density at radius 2 is 2.50 bits per heavy atom. The molecule has 0 aromatic carbocycles. The molecule has 1 unspecified atom stereocenters. The molecule has 1 aromatic rings. The van der Waals surface area contributed by atoms with Gasteiger partial charge >= 0.3 is 5.97 Å². The van der Waals surface area contributed by atoms with Gasteiger partial charge in [0.2, 0.25) is 0 Å². The zero-order valence-electron chi connectivity index (χ0n) is 7.67. The van der Waals surface area contributed by atoms with Crippen molar-refractivity contribution in [3.8, 4) is 0 Å². The minimum atomic E-state index is -0.948. The minimum Gasteiger partial charge on any atom is -0.480 e. The standard InChI is InChI=1S/C8H13N3O2S/c9-7(8(12)13)6-14-5-4-11-3-1-2-10-11/h1-3,7H,4-6,9H2,(H,12,13). The third-order valence-electron chi connectivity index (χ3n) is 1.64. The van der Waals surface area contributed by atoms with Crippen molar-refractivity contribution in [1.29, 1.82) is 0 Å². The molecule has 1 heterocycles. The Labute approximate surface area is 86.3 Å². The van der Waals surface area contributed by atoms with E-state index in [1.165, 1.54) is 11.8 Å². The molecule has 0 amide bonds. The fraction of sp³-hybridized carbons (Fsp3) is 0.500. The molecule has 3 N–H and O–H groups in total. The van der Waals surface area contributed by atoms with Crippen molar-refractivity contribution in [2.75, 3.05) is 11.5 Å². The lowest BCUT2D eigenvalue weighted by atomic mass is 10.4. The smallest absolute Gasteiger partial charge is 0.321 e. The highest BCUT2D eigenvalue weighted by Crippen LogP contribution is 2.02. The predicted octanol–water partition coefficient (Wildman–Crippen LogP) is 0.0282. The van der Waals surface area contributed by atoms with Crippen molar-refractivity contribution >= 4 is 17.7 Å². The van der Waals surface area contributed by atoms with Gasteiger partial charge in [-0.25, -0.2) is 0 Å². The summed E-state index contributed by atoms with van der Waals surface area (Å²) < 4.78 is 1.80. The van der Waals surface area contributed by atoms with Crippen LogP contribution < -0.4 is 5.73 Å². The summed E-state index contributed by atoms with van der Waals surface area (Å²) in [6.07, 6.45) is 3.59. The second-order valence-electron chi connectivity index (χ2n) is 2.79. The number of nitrogens with zero attached hydrogens (tertiary/aromatic N) is 2. The molecule has 0 aliphatic carbocycles. The summed E-state index contributed by atoms with van der Waals surface area (Å²) >= 11 is 1.52. The number of thioether (sulfide) groups is 1. The lowest BCUT2D eigenvalue weighted by molar-refractivity contribution is -0.137. The van der Waals surface area contributed by atoms with E-state index in [-0.39, 0.29) is 0 Å². The lowest BCUT2D eigenvalue weighted by Crippen LogP contribution is -2.32. The molecule has 0 aliphatic rings. The van der Waals surface area contributed by atoms with Gasteiger partial charge in [0.15, 0.2) is 0 Å². The van der Waals surface area contributed by atoms with Crippen LogP contribution in [-0.2, 0) is 11.3 Å². The molecule has 0 spiro atoms. The number of hydrogen-bond donors (Lipinski definition) is 2. The van der Waals surface area contributed by atoms with Gasteiger partial charge in [-0.2, -0.15) is 16.9 Å². The Balaban J connectivity index is 2.08. The third-order valence-corrected chi connectivity index (χ3v) is 2.70. The highest BCUT2D eigenvalue weighted by molar-refractivity contribution is 7.99. The number of carboxylic acid groups (broad SMARTS) is 1. The van der Waals surface area contributed by atoms with Crippen LogP contribution >= 0.6 is 11.8 Å². The molecule has 0 saturated carbocycles. The zero-order chi connectivity index (χ0) is 10.4. The van der Waals surface area contributed by atoms with E-state index in [0.717, 1.165) is 12.3 Å². The molecule has 0 radical (unpaired) electrons. The summed E-state index contributed by atoms with van der Waals surface area (Å²) in [4.78, 5) is 10.4. The molecule has 78 valence electrons. The van der Waals surface area contributed by atoms with E-state index < -0.39 is 12.0 Å². The number of rotatable bonds is 6. The average Bonchev–Trinajstić information content (AvgIpc) is 2.64. The van der Waals surface area contributed by atoms with Gasteiger partial charge in [0.05, 0.1) is 0 Å². The first-order valence-corrected chi connectivity index (χ1v) is 5.39. The van der Waals surface area contributed by atoms with Crippen LogP contribution in [0.5, 0.6) is 0 Å². The second kappa shape index (κ2) is 5.66. The summed E-state index contributed by atoms with van der Waals surface area (Å²) in [5.41, 5.74) is 5.33. The molecule has 1 aromatic heterocycles. The Bertz CT molecular complexity index is 276.